The SMILES string of the molecule is CC.CCOC(=O)c1c(CSc2ccccc2)n(C)c2cc(C#N)c(O)c(CN3CCC(CO)CC3)c12. The summed E-state index contributed by atoms with van der Waals surface area (Å²) < 4.78 is 7.41. The largest absolute Gasteiger partial charge is 0.506 e. The Bertz CT molecular complexity index is 1240. The van der Waals surface area contributed by atoms with Crippen molar-refractivity contribution in [2.75, 3.05) is 26.3 Å². The van der Waals surface area contributed by atoms with Gasteiger partial charge in [-0.2, -0.15) is 5.26 Å². The predicted octanol–water partition coefficient (Wildman–Crippen LogP) is 5.46. The highest BCUT2D eigenvalue weighted by molar-refractivity contribution is 7.98. The maximum atomic E-state index is 13.3. The zero-order valence-corrected chi connectivity index (χ0v) is 23.0. The first kappa shape index (κ1) is 28.6. The summed E-state index contributed by atoms with van der Waals surface area (Å²) in [6.07, 6.45) is 1.74. The highest BCUT2D eigenvalue weighted by Gasteiger charge is 2.29. The monoisotopic (exact) mass is 523 g/mol. The number of hydrogen-bond donors (Lipinski definition) is 2. The molecule has 37 heavy (non-hydrogen) atoms. The van der Waals surface area contributed by atoms with Gasteiger partial charge in [-0.15, -0.1) is 11.8 Å². The molecule has 0 unspecified atom stereocenters. The van der Waals surface area contributed by atoms with Crippen LogP contribution in [0.2, 0.25) is 0 Å². The molecule has 2 heterocycles. The molecule has 0 aliphatic carbocycles. The van der Waals surface area contributed by atoms with E-state index in [4.69, 9.17) is 4.74 Å². The average Bonchev–Trinajstić information content (AvgIpc) is 3.22. The molecule has 1 aliphatic heterocycles. The first-order valence-electron chi connectivity index (χ1n) is 12.9. The minimum atomic E-state index is -0.425. The van der Waals surface area contributed by atoms with E-state index in [1.807, 2.05) is 55.8 Å². The van der Waals surface area contributed by atoms with Crippen molar-refractivity contribution in [1.82, 2.24) is 9.47 Å². The molecule has 1 fully saturated rings. The summed E-state index contributed by atoms with van der Waals surface area (Å²) in [5.41, 5.74) is 2.74. The zero-order chi connectivity index (χ0) is 26.9. The Balaban J connectivity index is 0.00000186. The van der Waals surface area contributed by atoms with Crippen molar-refractivity contribution in [3.63, 3.8) is 0 Å². The van der Waals surface area contributed by atoms with Crippen LogP contribution in [0.25, 0.3) is 10.9 Å². The molecule has 1 aliphatic rings. The molecule has 2 aromatic carbocycles. The summed E-state index contributed by atoms with van der Waals surface area (Å²) in [5.74, 6) is 0.320. The van der Waals surface area contributed by atoms with Gasteiger partial charge < -0.3 is 19.5 Å². The van der Waals surface area contributed by atoms with E-state index >= 15 is 0 Å². The number of phenolic OH excluding ortho intramolecular Hbond substituents is 1. The molecule has 2 N–H and O–H groups in total. The first-order chi connectivity index (χ1) is 18.0. The molecule has 198 valence electrons. The summed E-state index contributed by atoms with van der Waals surface area (Å²) in [6.45, 7) is 8.17. The van der Waals surface area contributed by atoms with E-state index < -0.39 is 5.97 Å². The third kappa shape index (κ3) is 6.30. The summed E-state index contributed by atoms with van der Waals surface area (Å²) in [7, 11) is 1.89. The number of esters is 1. The van der Waals surface area contributed by atoms with E-state index in [2.05, 4.69) is 11.0 Å². The minimum Gasteiger partial charge on any atom is -0.506 e. The maximum absolute atomic E-state index is 13.3. The van der Waals surface area contributed by atoms with E-state index in [0.717, 1.165) is 42.0 Å². The van der Waals surface area contributed by atoms with Crippen molar-refractivity contribution >= 4 is 28.6 Å². The van der Waals surface area contributed by atoms with E-state index in [1.165, 1.54) is 0 Å². The van der Waals surface area contributed by atoms with Gasteiger partial charge in [-0.05, 0) is 57.0 Å². The molecular weight excluding hydrogens is 486 g/mol. The average molecular weight is 524 g/mol. The molecule has 8 heteroatoms. The van der Waals surface area contributed by atoms with Crippen molar-refractivity contribution in [3.8, 4) is 11.8 Å². The number of ether oxygens (including phenoxy) is 1. The van der Waals surface area contributed by atoms with Crippen LogP contribution >= 0.6 is 11.8 Å². The van der Waals surface area contributed by atoms with Crippen LogP contribution in [0.15, 0.2) is 41.3 Å². The number of hydrogen-bond acceptors (Lipinski definition) is 7. The van der Waals surface area contributed by atoms with Gasteiger partial charge in [0.05, 0.1) is 23.3 Å². The summed E-state index contributed by atoms with van der Waals surface area (Å²) >= 11 is 1.62. The number of benzene rings is 2. The number of carbonyl (C=O) groups excluding carboxylic acids is 1. The standard InChI is InChI=1S/C27H31N3O4S.C2H6/c1-3-34-27(33)25-23(17-35-20-7-5-4-6-8-20)29(2)22-13-19(14-28)26(32)21(24(22)25)15-30-11-9-18(16-31)10-12-30;1-2/h4-8,13,18,31-32H,3,9-12,15-17H2,1-2H3;1-2H3. The number of aromatic nitrogens is 1. The number of aliphatic hydroxyl groups excluding tert-OH is 1. The number of rotatable bonds is 8. The molecule has 7 nitrogen and oxygen atoms in total. The molecular formula is C29H37N3O4S. The molecule has 0 saturated carbocycles. The number of piperidine rings is 1. The molecule has 0 bridgehead atoms. The topological polar surface area (TPSA) is 98.7 Å². The fraction of sp³-hybridized carbons (Fsp3) is 0.448. The Hall–Kier alpha value is -2.99. The van der Waals surface area contributed by atoms with Crippen molar-refractivity contribution in [2.24, 2.45) is 13.0 Å². The van der Waals surface area contributed by atoms with Crippen molar-refractivity contribution in [1.29, 1.82) is 5.26 Å². The fourth-order valence-electron chi connectivity index (χ4n) is 4.76. The number of aromatic hydroxyl groups is 1. The van der Waals surface area contributed by atoms with Crippen LogP contribution in [0.4, 0.5) is 0 Å². The van der Waals surface area contributed by atoms with Crippen LogP contribution in [-0.4, -0.2) is 52.0 Å². The lowest BCUT2D eigenvalue weighted by atomic mass is 9.95. The van der Waals surface area contributed by atoms with Gasteiger partial charge in [0.1, 0.15) is 11.8 Å². The molecule has 0 radical (unpaired) electrons. The minimum absolute atomic E-state index is 0.0808. The third-order valence-corrected chi connectivity index (χ3v) is 7.77. The Morgan fingerprint density at radius 1 is 1.22 bits per heavy atom. The van der Waals surface area contributed by atoms with Crippen LogP contribution in [0.3, 0.4) is 0 Å². The van der Waals surface area contributed by atoms with E-state index in [-0.39, 0.29) is 24.5 Å². The van der Waals surface area contributed by atoms with Crippen molar-refractivity contribution in [3.05, 3.63) is 58.8 Å². The van der Waals surface area contributed by atoms with E-state index in [1.54, 1.807) is 24.8 Å². The van der Waals surface area contributed by atoms with Crippen LogP contribution in [0.5, 0.6) is 5.75 Å². The van der Waals surface area contributed by atoms with Crippen LogP contribution in [0.1, 0.15) is 60.8 Å². The molecule has 0 atom stereocenters. The van der Waals surface area contributed by atoms with Gasteiger partial charge in [0, 0.05) is 47.5 Å². The van der Waals surface area contributed by atoms with Gasteiger partial charge in [0.25, 0.3) is 0 Å². The van der Waals surface area contributed by atoms with Gasteiger partial charge >= 0.3 is 5.97 Å². The third-order valence-electron chi connectivity index (χ3n) is 6.75. The zero-order valence-electron chi connectivity index (χ0n) is 22.2. The molecule has 1 aromatic heterocycles. The van der Waals surface area contributed by atoms with Gasteiger partial charge in [0.2, 0.25) is 0 Å². The number of fused-ring (bicyclic) bond motifs is 1. The molecule has 3 aromatic rings. The maximum Gasteiger partial charge on any atom is 0.340 e. The highest BCUT2D eigenvalue weighted by atomic mass is 32.2. The second-order valence-corrected chi connectivity index (χ2v) is 9.91. The summed E-state index contributed by atoms with van der Waals surface area (Å²) in [6, 6.07) is 13.7. The molecule has 0 amide bonds. The Morgan fingerprint density at radius 2 is 1.89 bits per heavy atom. The normalized spacial score (nSPS) is 14.2. The predicted molar refractivity (Wildman–Crippen MR) is 148 cm³/mol. The first-order valence-corrected chi connectivity index (χ1v) is 13.9. The summed E-state index contributed by atoms with van der Waals surface area (Å²) in [5, 5.41) is 31.0. The van der Waals surface area contributed by atoms with Gasteiger partial charge in [-0.3, -0.25) is 4.90 Å². The Labute approximate surface area is 223 Å². The van der Waals surface area contributed by atoms with Crippen LogP contribution in [-0.2, 0) is 24.1 Å². The number of aryl methyl sites for hydroxylation is 1. The number of thioether (sulfide) groups is 1. The van der Waals surface area contributed by atoms with E-state index in [9.17, 15) is 20.3 Å². The van der Waals surface area contributed by atoms with Gasteiger partial charge in [-0.1, -0.05) is 32.0 Å². The number of phenols is 1. The fourth-order valence-corrected chi connectivity index (χ4v) is 5.76. The second-order valence-electron chi connectivity index (χ2n) is 8.86. The lowest BCUT2D eigenvalue weighted by Crippen LogP contribution is -2.34. The van der Waals surface area contributed by atoms with Crippen molar-refractivity contribution < 1.29 is 19.7 Å². The molecule has 1 saturated heterocycles. The Kier molecular flexibility index (Phi) is 10.4. The van der Waals surface area contributed by atoms with Crippen molar-refractivity contribution in [2.45, 2.75) is 50.8 Å². The quantitative estimate of drug-likeness (QED) is 0.299. The number of aliphatic hydroxyl groups is 1. The molecule has 4 rings (SSSR count). The van der Waals surface area contributed by atoms with Gasteiger partial charge in [0.15, 0.2) is 0 Å². The van der Waals surface area contributed by atoms with E-state index in [0.29, 0.717) is 34.7 Å². The lowest BCUT2D eigenvalue weighted by molar-refractivity contribution is 0.0527. The highest BCUT2D eigenvalue weighted by Crippen LogP contribution is 2.39. The number of nitrogens with zero attached hydrogens (tertiary/aromatic N) is 3. The number of likely N-dealkylation sites (tertiary alicyclic amines) is 1. The number of carbonyl (C=O) groups is 1. The summed E-state index contributed by atoms with van der Waals surface area (Å²) in [4.78, 5) is 16.6. The Morgan fingerprint density at radius 3 is 2.49 bits per heavy atom. The van der Waals surface area contributed by atoms with Gasteiger partial charge in [-0.25, -0.2) is 4.79 Å². The lowest BCUT2D eigenvalue weighted by Gasteiger charge is -2.31. The number of nitriles is 1. The van der Waals surface area contributed by atoms with Crippen LogP contribution < -0.4 is 0 Å². The molecule has 0 spiro atoms. The van der Waals surface area contributed by atoms with Crippen LogP contribution in [0, 0.1) is 17.2 Å². The second kappa shape index (κ2) is 13.5. The smallest absolute Gasteiger partial charge is 0.340 e.